The zero-order valence-electron chi connectivity index (χ0n) is 10.5. The lowest BCUT2D eigenvalue weighted by Gasteiger charge is -2.07. The number of anilines is 1. The van der Waals surface area contributed by atoms with Crippen molar-refractivity contribution in [3.8, 4) is 11.9 Å². The van der Waals surface area contributed by atoms with E-state index in [1.54, 1.807) is 38.5 Å². The molecule has 2 rings (SSSR count). The molecule has 1 amide bonds. The van der Waals surface area contributed by atoms with Gasteiger partial charge in [-0.3, -0.25) is 4.79 Å². The zero-order chi connectivity index (χ0) is 14.0. The molecule has 0 spiro atoms. The van der Waals surface area contributed by atoms with Gasteiger partial charge in [-0.1, -0.05) is 0 Å². The molecule has 0 unspecified atom stereocenters. The maximum Gasteiger partial charge on any atom is 0.273 e. The van der Waals surface area contributed by atoms with Gasteiger partial charge >= 0.3 is 0 Å². The SMILES string of the molecule is CN(C)C(=O)c1ccn(-c2ccc(N)c(C#N)n2)n1. The molecular formula is C12H12N6O. The summed E-state index contributed by atoms with van der Waals surface area (Å²) in [5.41, 5.74) is 6.34. The molecule has 19 heavy (non-hydrogen) atoms. The topological polar surface area (TPSA) is 101 Å². The van der Waals surface area contributed by atoms with Crippen LogP contribution in [0.15, 0.2) is 24.4 Å². The van der Waals surface area contributed by atoms with Gasteiger partial charge in [0.25, 0.3) is 5.91 Å². The number of hydrogen-bond donors (Lipinski definition) is 1. The maximum absolute atomic E-state index is 11.7. The van der Waals surface area contributed by atoms with Crippen molar-refractivity contribution in [3.63, 3.8) is 0 Å². The van der Waals surface area contributed by atoms with Crippen LogP contribution < -0.4 is 5.73 Å². The van der Waals surface area contributed by atoms with E-state index < -0.39 is 0 Å². The third kappa shape index (κ3) is 2.37. The van der Waals surface area contributed by atoms with E-state index in [0.717, 1.165) is 0 Å². The second-order valence-corrected chi connectivity index (χ2v) is 4.06. The smallest absolute Gasteiger partial charge is 0.273 e. The van der Waals surface area contributed by atoms with Crippen LogP contribution in [-0.4, -0.2) is 39.7 Å². The molecule has 0 atom stereocenters. The average molecular weight is 256 g/mol. The molecule has 0 bridgehead atoms. The third-order valence-electron chi connectivity index (χ3n) is 2.47. The Morgan fingerprint density at radius 1 is 1.42 bits per heavy atom. The Hall–Kier alpha value is -2.88. The van der Waals surface area contributed by atoms with E-state index in [1.807, 2.05) is 6.07 Å². The predicted octanol–water partition coefficient (Wildman–Crippen LogP) is 0.423. The molecule has 7 nitrogen and oxygen atoms in total. The van der Waals surface area contributed by atoms with Gasteiger partial charge in [-0.15, -0.1) is 0 Å². The van der Waals surface area contributed by atoms with Crippen LogP contribution in [0.3, 0.4) is 0 Å². The van der Waals surface area contributed by atoms with E-state index in [1.165, 1.54) is 9.58 Å². The fourth-order valence-electron chi connectivity index (χ4n) is 1.47. The largest absolute Gasteiger partial charge is 0.396 e. The second kappa shape index (κ2) is 4.78. The molecule has 0 saturated carbocycles. The van der Waals surface area contributed by atoms with Crippen LogP contribution in [0.4, 0.5) is 5.69 Å². The highest BCUT2D eigenvalue weighted by Crippen LogP contribution is 2.12. The Balaban J connectivity index is 2.39. The van der Waals surface area contributed by atoms with Gasteiger partial charge in [0.1, 0.15) is 6.07 Å². The summed E-state index contributed by atoms with van der Waals surface area (Å²) in [4.78, 5) is 17.2. The zero-order valence-corrected chi connectivity index (χ0v) is 10.5. The molecule has 0 aliphatic heterocycles. The highest BCUT2D eigenvalue weighted by atomic mass is 16.2. The van der Waals surface area contributed by atoms with Crippen molar-refractivity contribution >= 4 is 11.6 Å². The molecule has 0 aromatic carbocycles. The fraction of sp³-hybridized carbons (Fsp3) is 0.167. The normalized spacial score (nSPS) is 9.95. The van der Waals surface area contributed by atoms with E-state index in [2.05, 4.69) is 10.1 Å². The number of rotatable bonds is 2. The van der Waals surface area contributed by atoms with Crippen molar-refractivity contribution in [3.05, 3.63) is 35.8 Å². The lowest BCUT2D eigenvalue weighted by molar-refractivity contribution is 0.0821. The average Bonchev–Trinajstić information content (AvgIpc) is 2.87. The van der Waals surface area contributed by atoms with E-state index in [9.17, 15) is 4.79 Å². The minimum atomic E-state index is -0.199. The molecule has 0 saturated heterocycles. The summed E-state index contributed by atoms with van der Waals surface area (Å²) in [7, 11) is 3.30. The summed E-state index contributed by atoms with van der Waals surface area (Å²) in [6.45, 7) is 0. The second-order valence-electron chi connectivity index (χ2n) is 4.06. The van der Waals surface area contributed by atoms with Crippen molar-refractivity contribution in [2.75, 3.05) is 19.8 Å². The van der Waals surface area contributed by atoms with Crippen molar-refractivity contribution in [2.45, 2.75) is 0 Å². The van der Waals surface area contributed by atoms with Crippen LogP contribution in [-0.2, 0) is 0 Å². The fourth-order valence-corrected chi connectivity index (χ4v) is 1.47. The number of carbonyl (C=O) groups excluding carboxylic acids is 1. The highest BCUT2D eigenvalue weighted by molar-refractivity contribution is 5.91. The van der Waals surface area contributed by atoms with Crippen molar-refractivity contribution in [1.82, 2.24) is 19.7 Å². The van der Waals surface area contributed by atoms with Gasteiger partial charge in [0.05, 0.1) is 5.69 Å². The van der Waals surface area contributed by atoms with Gasteiger partial charge in [0.15, 0.2) is 17.2 Å². The molecule has 0 aliphatic carbocycles. The number of aromatic nitrogens is 3. The Bertz CT molecular complexity index is 667. The minimum absolute atomic E-state index is 0.133. The summed E-state index contributed by atoms with van der Waals surface area (Å²) >= 11 is 0. The van der Waals surface area contributed by atoms with E-state index >= 15 is 0 Å². The van der Waals surface area contributed by atoms with E-state index in [0.29, 0.717) is 17.2 Å². The van der Waals surface area contributed by atoms with Gasteiger partial charge in [0, 0.05) is 20.3 Å². The molecule has 2 N–H and O–H groups in total. The Morgan fingerprint density at radius 2 is 2.16 bits per heavy atom. The highest BCUT2D eigenvalue weighted by Gasteiger charge is 2.12. The lowest BCUT2D eigenvalue weighted by Crippen LogP contribution is -2.22. The number of pyridine rings is 1. The van der Waals surface area contributed by atoms with Crippen molar-refractivity contribution in [2.24, 2.45) is 0 Å². The van der Waals surface area contributed by atoms with Gasteiger partial charge < -0.3 is 10.6 Å². The Morgan fingerprint density at radius 3 is 2.79 bits per heavy atom. The Kier molecular flexibility index (Phi) is 3.16. The first kappa shape index (κ1) is 12.6. The van der Waals surface area contributed by atoms with E-state index in [4.69, 9.17) is 11.0 Å². The molecule has 0 aliphatic rings. The molecule has 2 aromatic rings. The first-order valence-corrected chi connectivity index (χ1v) is 5.47. The summed E-state index contributed by atoms with van der Waals surface area (Å²) in [6, 6.07) is 6.70. The molecule has 0 fully saturated rings. The Labute approximate surface area is 109 Å². The number of hydrogen-bond acceptors (Lipinski definition) is 5. The maximum atomic E-state index is 11.7. The number of nitrogens with zero attached hydrogens (tertiary/aromatic N) is 5. The summed E-state index contributed by atoms with van der Waals surface area (Å²) in [5, 5.41) is 13.0. The van der Waals surface area contributed by atoms with Crippen LogP contribution >= 0.6 is 0 Å². The van der Waals surface area contributed by atoms with Gasteiger partial charge in [-0.05, 0) is 18.2 Å². The predicted molar refractivity (Wildman–Crippen MR) is 68.5 cm³/mol. The van der Waals surface area contributed by atoms with Crippen LogP contribution in [0.2, 0.25) is 0 Å². The first-order valence-electron chi connectivity index (χ1n) is 5.47. The van der Waals surface area contributed by atoms with E-state index in [-0.39, 0.29) is 11.6 Å². The van der Waals surface area contributed by atoms with Crippen LogP contribution in [0.1, 0.15) is 16.2 Å². The standard InChI is InChI=1S/C12H12N6O/c1-17(2)12(19)9-5-6-18(16-9)11-4-3-8(14)10(7-13)15-11/h3-6H,14H2,1-2H3. The van der Waals surface area contributed by atoms with Crippen molar-refractivity contribution < 1.29 is 4.79 Å². The van der Waals surface area contributed by atoms with Crippen LogP contribution in [0.25, 0.3) is 5.82 Å². The van der Waals surface area contributed by atoms with Gasteiger partial charge in [-0.25, -0.2) is 9.67 Å². The number of nitrogens with two attached hydrogens (primary N) is 1. The molecule has 96 valence electrons. The number of nitrogen functional groups attached to an aromatic ring is 1. The number of amides is 1. The molecule has 7 heteroatoms. The van der Waals surface area contributed by atoms with Crippen LogP contribution in [0.5, 0.6) is 0 Å². The summed E-state index contributed by atoms with van der Waals surface area (Å²) < 4.78 is 1.43. The minimum Gasteiger partial charge on any atom is -0.396 e. The quantitative estimate of drug-likeness (QED) is 0.839. The van der Waals surface area contributed by atoms with Crippen LogP contribution in [0, 0.1) is 11.3 Å². The monoisotopic (exact) mass is 256 g/mol. The first-order chi connectivity index (χ1) is 9.02. The van der Waals surface area contributed by atoms with Gasteiger partial charge in [0.2, 0.25) is 0 Å². The van der Waals surface area contributed by atoms with Gasteiger partial charge in [-0.2, -0.15) is 10.4 Å². The molecular weight excluding hydrogens is 244 g/mol. The third-order valence-corrected chi connectivity index (χ3v) is 2.47. The molecule has 0 radical (unpaired) electrons. The molecule has 2 heterocycles. The summed E-state index contributed by atoms with van der Waals surface area (Å²) in [6.07, 6.45) is 1.61. The van der Waals surface area contributed by atoms with Crippen molar-refractivity contribution in [1.29, 1.82) is 5.26 Å². The lowest BCUT2D eigenvalue weighted by atomic mass is 10.3. The number of nitriles is 1. The summed E-state index contributed by atoms with van der Waals surface area (Å²) in [5.74, 6) is 0.234. The number of carbonyl (C=O) groups is 1. The molecule has 2 aromatic heterocycles.